The van der Waals surface area contributed by atoms with Gasteiger partial charge in [0.05, 0.1) is 17.7 Å². The van der Waals surface area contributed by atoms with Crippen LogP contribution in [0.25, 0.3) is 0 Å². The molecule has 19 heavy (non-hydrogen) atoms. The lowest BCUT2D eigenvalue weighted by atomic mass is 10.2. The number of hydrogen-bond donors (Lipinski definition) is 1. The van der Waals surface area contributed by atoms with Gasteiger partial charge in [-0.2, -0.15) is 13.2 Å². The third-order valence-electron chi connectivity index (χ3n) is 2.01. The quantitative estimate of drug-likeness (QED) is 0.660. The molecule has 1 aromatic heterocycles. The van der Waals surface area contributed by atoms with Gasteiger partial charge in [0.15, 0.2) is 0 Å². The summed E-state index contributed by atoms with van der Waals surface area (Å²) < 4.78 is 42.0. The van der Waals surface area contributed by atoms with Gasteiger partial charge in [0.1, 0.15) is 12.2 Å². The molecule has 1 rings (SSSR count). The van der Waals surface area contributed by atoms with Crippen LogP contribution in [0.15, 0.2) is 12.3 Å². The first-order valence-electron chi connectivity index (χ1n) is 5.31. The zero-order valence-corrected chi connectivity index (χ0v) is 10.0. The van der Waals surface area contributed by atoms with Crippen LogP contribution in [0.2, 0.25) is 0 Å². The fraction of sp³-hybridized carbons (Fsp3) is 0.333. The molecule has 0 bridgehead atoms. The largest absolute Gasteiger partial charge is 0.465 e. The van der Waals surface area contributed by atoms with Gasteiger partial charge in [-0.3, -0.25) is 4.79 Å². The van der Waals surface area contributed by atoms with Crippen LogP contribution in [-0.4, -0.2) is 17.6 Å². The second-order valence-corrected chi connectivity index (χ2v) is 3.44. The topological polar surface area (TPSA) is 65.2 Å². The summed E-state index contributed by atoms with van der Waals surface area (Å²) in [5, 5.41) is 0. The fourth-order valence-corrected chi connectivity index (χ4v) is 1.15. The van der Waals surface area contributed by atoms with Crippen LogP contribution in [0.1, 0.15) is 24.5 Å². The molecular weight excluding hydrogens is 261 g/mol. The van der Waals surface area contributed by atoms with E-state index in [1.165, 1.54) is 0 Å². The molecule has 1 heterocycles. The summed E-state index contributed by atoms with van der Waals surface area (Å²) in [7, 11) is 0. The smallest absolute Gasteiger partial charge is 0.417 e. The summed E-state index contributed by atoms with van der Waals surface area (Å²) in [6.07, 6.45) is -4.10. The van der Waals surface area contributed by atoms with Gasteiger partial charge in [0, 0.05) is 6.20 Å². The summed E-state index contributed by atoms with van der Waals surface area (Å²) in [6, 6.07) is 0.792. The third-order valence-corrected chi connectivity index (χ3v) is 2.01. The van der Waals surface area contributed by atoms with E-state index >= 15 is 0 Å². The minimum Gasteiger partial charge on any atom is -0.465 e. The van der Waals surface area contributed by atoms with Gasteiger partial charge in [-0.05, 0) is 13.0 Å². The average molecular weight is 272 g/mol. The van der Waals surface area contributed by atoms with Crippen molar-refractivity contribution < 1.29 is 22.7 Å². The minimum absolute atomic E-state index is 0.0703. The average Bonchev–Trinajstić information content (AvgIpc) is 2.30. The predicted molar refractivity (Wildman–Crippen MR) is 61.8 cm³/mol. The molecule has 1 aromatic rings. The molecule has 2 N–H and O–H groups in total. The van der Waals surface area contributed by atoms with E-state index in [0.717, 1.165) is 6.07 Å². The van der Waals surface area contributed by atoms with Gasteiger partial charge in [-0.15, -0.1) is 0 Å². The molecule has 0 spiro atoms. The predicted octanol–water partition coefficient (Wildman–Crippen LogP) is 1.99. The van der Waals surface area contributed by atoms with Crippen molar-refractivity contribution >= 4 is 11.8 Å². The summed E-state index contributed by atoms with van der Waals surface area (Å²) in [5.41, 5.74) is 4.40. The monoisotopic (exact) mass is 272 g/mol. The number of hydrogen-bond acceptors (Lipinski definition) is 4. The minimum atomic E-state index is -4.52. The standard InChI is InChI=1S/C12H11F3N2O2/c1-2-19-10(18)5-3-4-8-6-9(12(13,14)15)7-17-11(8)16/h6-7H,2,5H2,1H3,(H2,16,17). The number of carbonyl (C=O) groups is 1. The maximum Gasteiger partial charge on any atom is 0.417 e. The van der Waals surface area contributed by atoms with Crippen molar-refractivity contribution in [2.45, 2.75) is 19.5 Å². The Hall–Kier alpha value is -2.23. The number of halogens is 3. The van der Waals surface area contributed by atoms with Crippen molar-refractivity contribution in [3.05, 3.63) is 23.4 Å². The Morgan fingerprint density at radius 2 is 2.21 bits per heavy atom. The van der Waals surface area contributed by atoms with E-state index in [9.17, 15) is 18.0 Å². The molecule has 102 valence electrons. The number of esters is 1. The molecule has 0 aliphatic heterocycles. The molecule has 0 saturated heterocycles. The van der Waals surface area contributed by atoms with Crippen LogP contribution in [-0.2, 0) is 15.7 Å². The van der Waals surface area contributed by atoms with Crippen LogP contribution >= 0.6 is 0 Å². The third kappa shape index (κ3) is 4.50. The molecule has 4 nitrogen and oxygen atoms in total. The number of nitrogens with two attached hydrogens (primary N) is 1. The van der Waals surface area contributed by atoms with Gasteiger partial charge < -0.3 is 10.5 Å². The zero-order chi connectivity index (χ0) is 14.5. The normalized spacial score (nSPS) is 10.5. The van der Waals surface area contributed by atoms with Crippen LogP contribution in [0.5, 0.6) is 0 Å². The molecule has 0 aromatic carbocycles. The SMILES string of the molecule is CCOC(=O)CC#Cc1cc(C(F)(F)F)cnc1N. The highest BCUT2D eigenvalue weighted by molar-refractivity contribution is 5.72. The van der Waals surface area contributed by atoms with E-state index in [0.29, 0.717) is 6.20 Å². The van der Waals surface area contributed by atoms with Gasteiger partial charge in [0.25, 0.3) is 0 Å². The van der Waals surface area contributed by atoms with Gasteiger partial charge in [-0.1, -0.05) is 11.8 Å². The zero-order valence-electron chi connectivity index (χ0n) is 10.0. The van der Waals surface area contributed by atoms with Crippen LogP contribution < -0.4 is 5.73 Å². The van der Waals surface area contributed by atoms with E-state index in [4.69, 9.17) is 5.73 Å². The van der Waals surface area contributed by atoms with Crippen molar-refractivity contribution in [3.8, 4) is 11.8 Å². The number of nitrogen functional groups attached to an aromatic ring is 1. The summed E-state index contributed by atoms with van der Waals surface area (Å²) in [6.45, 7) is 1.85. The molecule has 0 aliphatic carbocycles. The van der Waals surface area contributed by atoms with E-state index in [1.54, 1.807) is 6.92 Å². The molecule has 0 saturated carbocycles. The Labute approximate surface area is 107 Å². The number of nitrogens with zero attached hydrogens (tertiary/aromatic N) is 1. The number of alkyl halides is 3. The Balaban J connectivity index is 2.89. The van der Waals surface area contributed by atoms with Crippen LogP contribution in [0, 0.1) is 11.8 Å². The van der Waals surface area contributed by atoms with Crippen molar-refractivity contribution in [2.24, 2.45) is 0 Å². The second-order valence-electron chi connectivity index (χ2n) is 3.44. The van der Waals surface area contributed by atoms with E-state index < -0.39 is 17.7 Å². The molecule has 0 amide bonds. The fourth-order valence-electron chi connectivity index (χ4n) is 1.15. The highest BCUT2D eigenvalue weighted by Gasteiger charge is 2.31. The van der Waals surface area contributed by atoms with Gasteiger partial charge in [-0.25, -0.2) is 4.98 Å². The summed E-state index contributed by atoms with van der Waals surface area (Å²) >= 11 is 0. The number of anilines is 1. The van der Waals surface area contributed by atoms with Gasteiger partial charge >= 0.3 is 12.1 Å². The lowest BCUT2D eigenvalue weighted by Crippen LogP contribution is -2.07. The number of rotatable bonds is 2. The summed E-state index contributed by atoms with van der Waals surface area (Å²) in [5.74, 6) is 4.10. The van der Waals surface area contributed by atoms with Crippen molar-refractivity contribution in [3.63, 3.8) is 0 Å². The number of carbonyl (C=O) groups excluding carboxylic acids is 1. The Morgan fingerprint density at radius 1 is 1.53 bits per heavy atom. The molecule has 0 aliphatic rings. The van der Waals surface area contributed by atoms with E-state index in [1.807, 2.05) is 0 Å². The van der Waals surface area contributed by atoms with Crippen LogP contribution in [0.3, 0.4) is 0 Å². The maximum atomic E-state index is 12.4. The van der Waals surface area contributed by atoms with E-state index in [2.05, 4.69) is 21.6 Å². The first-order valence-corrected chi connectivity index (χ1v) is 5.31. The molecular formula is C12H11F3N2O2. The van der Waals surface area contributed by atoms with Crippen molar-refractivity contribution in [1.29, 1.82) is 0 Å². The first-order chi connectivity index (χ1) is 8.84. The Kier molecular flexibility index (Phi) is 4.75. The maximum absolute atomic E-state index is 12.4. The van der Waals surface area contributed by atoms with Crippen molar-refractivity contribution in [2.75, 3.05) is 12.3 Å². The Morgan fingerprint density at radius 3 is 2.79 bits per heavy atom. The van der Waals surface area contributed by atoms with Crippen LogP contribution in [0.4, 0.5) is 19.0 Å². The molecule has 0 unspecified atom stereocenters. The number of aromatic nitrogens is 1. The lowest BCUT2D eigenvalue weighted by molar-refractivity contribution is -0.142. The molecule has 0 radical (unpaired) electrons. The summed E-state index contributed by atoms with van der Waals surface area (Å²) in [4.78, 5) is 14.4. The Bertz CT molecular complexity index is 530. The second kappa shape index (κ2) is 6.09. The number of ether oxygens (including phenoxy) is 1. The van der Waals surface area contributed by atoms with Gasteiger partial charge in [0.2, 0.25) is 0 Å². The molecule has 7 heteroatoms. The lowest BCUT2D eigenvalue weighted by Gasteiger charge is -2.07. The highest BCUT2D eigenvalue weighted by Crippen LogP contribution is 2.29. The molecule has 0 atom stereocenters. The molecule has 0 fully saturated rings. The van der Waals surface area contributed by atoms with Crippen molar-refractivity contribution in [1.82, 2.24) is 4.98 Å². The van der Waals surface area contributed by atoms with E-state index in [-0.39, 0.29) is 24.4 Å². The number of pyridine rings is 1. The highest BCUT2D eigenvalue weighted by atomic mass is 19.4. The first kappa shape index (κ1) is 14.8.